The second-order valence-corrected chi connectivity index (χ2v) is 2.38. The van der Waals surface area contributed by atoms with Gasteiger partial charge in [-0.15, -0.1) is 0 Å². The molecule has 0 amide bonds. The van der Waals surface area contributed by atoms with Crippen LogP contribution in [0, 0.1) is 0 Å². The number of rotatable bonds is 2. The highest BCUT2D eigenvalue weighted by molar-refractivity contribution is 5.26. The molecule has 1 aliphatic rings. The van der Waals surface area contributed by atoms with E-state index in [0.717, 1.165) is 0 Å². The van der Waals surface area contributed by atoms with Gasteiger partial charge in [0, 0.05) is 0 Å². The van der Waals surface area contributed by atoms with E-state index in [1.807, 2.05) is 0 Å². The first-order valence-electron chi connectivity index (χ1n) is 3.12. The third-order valence-corrected chi connectivity index (χ3v) is 1.49. The highest BCUT2D eigenvalue weighted by Crippen LogP contribution is 2.25. The summed E-state index contributed by atoms with van der Waals surface area (Å²) >= 11 is 0. The van der Waals surface area contributed by atoms with Gasteiger partial charge in [0.2, 0.25) is 0 Å². The van der Waals surface area contributed by atoms with Crippen molar-refractivity contribution in [1.29, 1.82) is 0 Å². The summed E-state index contributed by atoms with van der Waals surface area (Å²) in [4.78, 5) is 0. The van der Waals surface area contributed by atoms with Crippen LogP contribution < -0.4 is 0 Å². The Labute approximate surface area is 50.9 Å². The molecule has 0 unspecified atom stereocenters. The van der Waals surface area contributed by atoms with Crippen LogP contribution in [-0.2, 0) is 0 Å². The molecule has 0 N–H and O–H groups in total. The Morgan fingerprint density at radius 3 is 2.88 bits per heavy atom. The maximum Gasteiger partial charge on any atom is -0.0108 e. The van der Waals surface area contributed by atoms with Crippen LogP contribution in [0.4, 0.5) is 0 Å². The summed E-state index contributed by atoms with van der Waals surface area (Å²) in [6.45, 7) is 4.28. The van der Waals surface area contributed by atoms with Crippen molar-refractivity contribution in [3.8, 4) is 0 Å². The first-order chi connectivity index (χ1) is 3.83. The molecule has 1 aliphatic carbocycles. The van der Waals surface area contributed by atoms with Crippen LogP contribution in [0.2, 0.25) is 0 Å². The Morgan fingerprint density at radius 2 is 2.50 bits per heavy atom. The van der Waals surface area contributed by atoms with E-state index in [1.54, 1.807) is 5.57 Å². The fourth-order valence-corrected chi connectivity index (χ4v) is 0.677. The molecule has 0 atom stereocenters. The van der Waals surface area contributed by atoms with Gasteiger partial charge in [-0.3, -0.25) is 0 Å². The van der Waals surface area contributed by atoms with Gasteiger partial charge in [0.1, 0.15) is 0 Å². The van der Waals surface area contributed by atoms with E-state index >= 15 is 0 Å². The predicted molar refractivity (Wildman–Crippen MR) is 36.7 cm³/mol. The topological polar surface area (TPSA) is 0 Å². The average Bonchev–Trinajstić information content (AvgIpc) is 2.50. The van der Waals surface area contributed by atoms with E-state index in [4.69, 9.17) is 0 Å². The summed E-state index contributed by atoms with van der Waals surface area (Å²) in [5.74, 6) is 0. The van der Waals surface area contributed by atoms with E-state index in [1.165, 1.54) is 18.4 Å². The highest BCUT2D eigenvalue weighted by Gasteiger charge is 2.05. The summed E-state index contributed by atoms with van der Waals surface area (Å²) in [6.07, 6.45) is 6.95. The summed E-state index contributed by atoms with van der Waals surface area (Å²) in [6, 6.07) is 0. The summed E-state index contributed by atoms with van der Waals surface area (Å²) in [5, 5.41) is 0. The van der Waals surface area contributed by atoms with Gasteiger partial charge in [0.05, 0.1) is 0 Å². The largest absolute Gasteiger partial charge is 0.0884 e. The van der Waals surface area contributed by atoms with Crippen molar-refractivity contribution < 1.29 is 0 Å². The van der Waals surface area contributed by atoms with Gasteiger partial charge >= 0.3 is 0 Å². The molecule has 1 rings (SSSR count). The Balaban J connectivity index is 2.27. The predicted octanol–water partition coefficient (Wildman–Crippen LogP) is 2.67. The molecule has 0 heteroatoms. The SMILES string of the molecule is CC=C(C)CC1=CC1. The maximum atomic E-state index is 2.28. The van der Waals surface area contributed by atoms with Crippen LogP contribution in [0.5, 0.6) is 0 Å². The molecule has 0 bridgehead atoms. The Hall–Kier alpha value is -0.520. The lowest BCUT2D eigenvalue weighted by atomic mass is 10.2. The van der Waals surface area contributed by atoms with Crippen molar-refractivity contribution in [2.24, 2.45) is 0 Å². The van der Waals surface area contributed by atoms with Crippen molar-refractivity contribution in [1.82, 2.24) is 0 Å². The van der Waals surface area contributed by atoms with Crippen LogP contribution in [0.3, 0.4) is 0 Å². The van der Waals surface area contributed by atoms with Crippen molar-refractivity contribution in [3.05, 3.63) is 23.3 Å². The maximum absolute atomic E-state index is 2.28. The molecule has 0 heterocycles. The third kappa shape index (κ3) is 1.53. The van der Waals surface area contributed by atoms with E-state index in [-0.39, 0.29) is 0 Å². The molecule has 0 saturated heterocycles. The van der Waals surface area contributed by atoms with Crippen LogP contribution in [0.25, 0.3) is 0 Å². The fourth-order valence-electron chi connectivity index (χ4n) is 0.677. The fraction of sp³-hybridized carbons (Fsp3) is 0.500. The van der Waals surface area contributed by atoms with Crippen molar-refractivity contribution >= 4 is 0 Å². The molecule has 0 aliphatic heterocycles. The lowest BCUT2D eigenvalue weighted by molar-refractivity contribution is 1.14. The van der Waals surface area contributed by atoms with E-state index in [9.17, 15) is 0 Å². The minimum Gasteiger partial charge on any atom is -0.0884 e. The zero-order valence-electron chi connectivity index (χ0n) is 5.57. The molecule has 0 radical (unpaired) electrons. The van der Waals surface area contributed by atoms with Gasteiger partial charge in [0.25, 0.3) is 0 Å². The normalized spacial score (nSPS) is 18.2. The Kier molecular flexibility index (Phi) is 1.52. The molecule has 0 fully saturated rings. The summed E-state index contributed by atoms with van der Waals surface area (Å²) in [7, 11) is 0. The van der Waals surface area contributed by atoms with Crippen molar-refractivity contribution in [2.45, 2.75) is 26.7 Å². The second-order valence-electron chi connectivity index (χ2n) is 2.38. The lowest BCUT2D eigenvalue weighted by Gasteiger charge is -1.90. The van der Waals surface area contributed by atoms with Crippen LogP contribution >= 0.6 is 0 Å². The quantitative estimate of drug-likeness (QED) is 0.477. The van der Waals surface area contributed by atoms with E-state index < -0.39 is 0 Å². The Morgan fingerprint density at radius 1 is 1.88 bits per heavy atom. The molecular weight excluding hydrogens is 96.1 g/mol. The van der Waals surface area contributed by atoms with Gasteiger partial charge in [-0.1, -0.05) is 23.3 Å². The molecule has 0 saturated carbocycles. The third-order valence-electron chi connectivity index (χ3n) is 1.49. The summed E-state index contributed by atoms with van der Waals surface area (Å²) in [5.41, 5.74) is 3.11. The number of allylic oxidation sites excluding steroid dienone is 4. The molecule has 0 spiro atoms. The molecule has 0 nitrogen and oxygen atoms in total. The monoisotopic (exact) mass is 108 g/mol. The number of hydrogen-bond acceptors (Lipinski definition) is 0. The van der Waals surface area contributed by atoms with Crippen LogP contribution in [-0.4, -0.2) is 0 Å². The summed E-state index contributed by atoms with van der Waals surface area (Å²) < 4.78 is 0. The standard InChI is InChI=1S/C8H12/c1-3-7(2)6-8-4-5-8/h3-4H,5-6H2,1-2H3. The minimum absolute atomic E-state index is 1.22. The van der Waals surface area contributed by atoms with E-state index in [2.05, 4.69) is 26.0 Å². The molecule has 0 aromatic heterocycles. The zero-order chi connectivity index (χ0) is 5.98. The molecule has 44 valence electrons. The van der Waals surface area contributed by atoms with Gasteiger partial charge in [0.15, 0.2) is 0 Å². The first-order valence-corrected chi connectivity index (χ1v) is 3.12. The smallest absolute Gasteiger partial charge is 0.0108 e. The van der Waals surface area contributed by atoms with Gasteiger partial charge in [-0.2, -0.15) is 0 Å². The van der Waals surface area contributed by atoms with Gasteiger partial charge < -0.3 is 0 Å². The second kappa shape index (κ2) is 2.17. The molecule has 0 aromatic rings. The van der Waals surface area contributed by atoms with E-state index in [0.29, 0.717) is 0 Å². The molecular formula is C8H12. The number of hydrogen-bond donors (Lipinski definition) is 0. The van der Waals surface area contributed by atoms with Crippen molar-refractivity contribution in [2.75, 3.05) is 0 Å². The van der Waals surface area contributed by atoms with Crippen molar-refractivity contribution in [3.63, 3.8) is 0 Å². The lowest BCUT2D eigenvalue weighted by Crippen LogP contribution is -1.70. The Bertz CT molecular complexity index is 138. The molecule has 0 aromatic carbocycles. The first kappa shape index (κ1) is 5.61. The van der Waals surface area contributed by atoms with Gasteiger partial charge in [-0.05, 0) is 26.7 Å². The van der Waals surface area contributed by atoms with Gasteiger partial charge in [-0.25, -0.2) is 0 Å². The van der Waals surface area contributed by atoms with Crippen LogP contribution in [0.15, 0.2) is 23.3 Å². The highest BCUT2D eigenvalue weighted by atomic mass is 14.1. The minimum atomic E-state index is 1.22. The average molecular weight is 108 g/mol. The molecule has 8 heavy (non-hydrogen) atoms. The van der Waals surface area contributed by atoms with Crippen LogP contribution in [0.1, 0.15) is 26.7 Å². The zero-order valence-corrected chi connectivity index (χ0v) is 5.57.